The molecular formula is C19H52O8Si6. The summed E-state index contributed by atoms with van der Waals surface area (Å²) in [5.41, 5.74) is -0.514. The quantitative estimate of drug-likeness (QED) is 0.257. The number of aliphatic hydroxyl groups is 2. The van der Waals surface area contributed by atoms with E-state index in [1.54, 1.807) is 0 Å². The van der Waals surface area contributed by atoms with Gasteiger partial charge in [0.05, 0.1) is 13.2 Å². The van der Waals surface area contributed by atoms with Crippen molar-refractivity contribution in [3.63, 3.8) is 0 Å². The van der Waals surface area contributed by atoms with Crippen LogP contribution in [0.1, 0.15) is 13.3 Å². The molecule has 0 spiro atoms. The molecule has 0 amide bonds. The molecule has 14 heteroatoms. The van der Waals surface area contributed by atoms with E-state index >= 15 is 0 Å². The first-order valence-corrected chi connectivity index (χ1v) is 29.5. The van der Waals surface area contributed by atoms with Gasteiger partial charge in [-0.15, -0.1) is 0 Å². The van der Waals surface area contributed by atoms with E-state index in [0.717, 1.165) is 0 Å². The fourth-order valence-corrected chi connectivity index (χ4v) is 26.7. The molecule has 0 radical (unpaired) electrons. The van der Waals surface area contributed by atoms with Crippen molar-refractivity contribution in [1.29, 1.82) is 0 Å². The summed E-state index contributed by atoms with van der Waals surface area (Å²) in [6, 6.07) is 0. The van der Waals surface area contributed by atoms with Crippen molar-refractivity contribution < 1.29 is 35.5 Å². The summed E-state index contributed by atoms with van der Waals surface area (Å²) < 4.78 is 40.2. The molecule has 2 atom stereocenters. The highest BCUT2D eigenvalue weighted by molar-refractivity contribution is 6.92. The summed E-state index contributed by atoms with van der Waals surface area (Å²) in [5.74, 6) is 0. The summed E-state index contributed by atoms with van der Waals surface area (Å²) in [7, 11) is -15.2. The van der Waals surface area contributed by atoms with Crippen LogP contribution in [0.25, 0.3) is 0 Å². The zero-order chi connectivity index (χ0) is 26.5. The molecule has 0 aliphatic rings. The second-order valence-electron chi connectivity index (χ2n) is 12.5. The number of aliphatic hydroxyl groups excluding tert-OH is 2. The Bertz CT molecular complexity index is 551. The van der Waals surface area contributed by atoms with Gasteiger partial charge in [0, 0.05) is 6.55 Å². The van der Waals surface area contributed by atoms with E-state index in [2.05, 4.69) is 78.6 Å². The van der Waals surface area contributed by atoms with Crippen molar-refractivity contribution in [2.24, 2.45) is 0 Å². The lowest BCUT2D eigenvalue weighted by molar-refractivity contribution is -0.0269. The zero-order valence-electron chi connectivity index (χ0n) is 23.6. The summed E-state index contributed by atoms with van der Waals surface area (Å²) in [4.78, 5) is 0. The average molecular weight is 577 g/mol. The third-order valence-electron chi connectivity index (χ3n) is 3.67. The molecule has 0 aliphatic carbocycles. The topological polar surface area (TPSA) is 95.8 Å². The van der Waals surface area contributed by atoms with Crippen LogP contribution in [0.5, 0.6) is 0 Å². The van der Waals surface area contributed by atoms with Gasteiger partial charge in [-0.1, -0.05) is 6.92 Å². The van der Waals surface area contributed by atoms with Crippen LogP contribution < -0.4 is 0 Å². The van der Waals surface area contributed by atoms with Crippen molar-refractivity contribution in [1.82, 2.24) is 0 Å². The van der Waals surface area contributed by atoms with Gasteiger partial charge in [0.25, 0.3) is 0 Å². The van der Waals surface area contributed by atoms with Gasteiger partial charge in [-0.05, 0) is 85.0 Å². The first-order chi connectivity index (χ1) is 14.4. The van der Waals surface area contributed by atoms with Crippen molar-refractivity contribution in [3.05, 3.63) is 0 Å². The molecule has 0 heterocycles. The number of hydrogen-bond acceptors (Lipinski definition) is 8. The number of rotatable bonds is 16. The molecule has 2 unspecified atom stereocenters. The van der Waals surface area contributed by atoms with E-state index in [-0.39, 0.29) is 13.2 Å². The summed E-state index contributed by atoms with van der Waals surface area (Å²) in [6.07, 6.45) is -0.409. The zero-order valence-corrected chi connectivity index (χ0v) is 29.6. The highest BCUT2D eigenvalue weighted by Crippen LogP contribution is 2.34. The Hall–Kier alpha value is 0.981. The van der Waals surface area contributed by atoms with E-state index < -0.39 is 62.7 Å². The molecule has 0 bridgehead atoms. The summed E-state index contributed by atoms with van der Waals surface area (Å²) in [5, 5.41) is 19.3. The fraction of sp³-hybridized carbons (Fsp3) is 1.00. The Morgan fingerprint density at radius 2 is 0.970 bits per heavy atom. The number of hydrogen-bond donors (Lipinski definition) is 2. The number of ether oxygens (including phenoxy) is 1. The molecule has 0 saturated heterocycles. The lowest BCUT2D eigenvalue weighted by Crippen LogP contribution is -2.71. The maximum atomic E-state index is 9.98. The van der Waals surface area contributed by atoms with Crippen LogP contribution in [-0.2, 0) is 25.3 Å². The predicted molar refractivity (Wildman–Crippen MR) is 149 cm³/mol. The second-order valence-corrected chi connectivity index (χ2v) is 37.0. The maximum Gasteiger partial charge on any atom is 0.503 e. The summed E-state index contributed by atoms with van der Waals surface area (Å²) in [6.45, 7) is 29.0. The van der Waals surface area contributed by atoms with Crippen LogP contribution in [-0.4, -0.2) is 86.1 Å². The predicted octanol–water partition coefficient (Wildman–Crippen LogP) is 4.60. The van der Waals surface area contributed by atoms with Gasteiger partial charge >= 0.3 is 17.6 Å². The smallest absolute Gasteiger partial charge is 0.417 e. The lowest BCUT2D eigenvalue weighted by atomic mass is 10.4. The van der Waals surface area contributed by atoms with Crippen LogP contribution >= 0.6 is 0 Å². The minimum Gasteiger partial charge on any atom is -0.417 e. The maximum absolute atomic E-state index is 9.98. The Kier molecular flexibility index (Phi) is 12.9. The van der Waals surface area contributed by atoms with Crippen LogP contribution in [0.15, 0.2) is 0 Å². The SMILES string of the molecule is CCC(OCC(O)CO)[Si](O[Si](C)(C)C)(O[Si](C)(C)C)O[Si](C)(O[Si](C)(C)C)O[Si](C)(C)C. The third kappa shape index (κ3) is 15.0. The van der Waals surface area contributed by atoms with Gasteiger partial charge in [-0.2, -0.15) is 0 Å². The van der Waals surface area contributed by atoms with Crippen molar-refractivity contribution in [2.75, 3.05) is 13.2 Å². The highest BCUT2D eigenvalue weighted by Gasteiger charge is 2.61. The molecule has 0 aromatic carbocycles. The molecule has 8 nitrogen and oxygen atoms in total. The Balaban J connectivity index is 6.71. The Morgan fingerprint density at radius 3 is 1.24 bits per heavy atom. The molecule has 0 aromatic rings. The van der Waals surface area contributed by atoms with E-state index in [1.807, 2.05) is 13.5 Å². The highest BCUT2D eigenvalue weighted by atomic mass is 28.5. The third-order valence-corrected chi connectivity index (χ3v) is 22.7. The van der Waals surface area contributed by atoms with E-state index in [4.69, 9.17) is 25.3 Å². The normalized spacial score (nSPS) is 16.7. The first kappa shape index (κ1) is 34.0. The Morgan fingerprint density at radius 1 is 0.606 bits per heavy atom. The molecule has 0 fully saturated rings. The fourth-order valence-electron chi connectivity index (χ4n) is 3.30. The van der Waals surface area contributed by atoms with Crippen molar-refractivity contribution in [3.8, 4) is 0 Å². The molecule has 0 aromatic heterocycles. The van der Waals surface area contributed by atoms with Gasteiger partial charge in [-0.3, -0.25) is 0 Å². The van der Waals surface area contributed by atoms with Crippen LogP contribution in [0.3, 0.4) is 0 Å². The molecule has 0 rings (SSSR count). The molecule has 33 heavy (non-hydrogen) atoms. The van der Waals surface area contributed by atoms with Crippen LogP contribution in [0.4, 0.5) is 0 Å². The minimum absolute atomic E-state index is 0.0285. The molecule has 0 aliphatic heterocycles. The molecule has 0 saturated carbocycles. The monoisotopic (exact) mass is 576 g/mol. The second kappa shape index (κ2) is 12.5. The largest absolute Gasteiger partial charge is 0.503 e. The standard InChI is InChI=1S/C19H52O8Si6/c1-15-19(22-17-18(21)16-20)33(25-30(8,9)10,26-31(11,12)13)27-32(14,23-28(2,3)4)24-29(5,6)7/h18-21H,15-17H2,1-14H3. The van der Waals surface area contributed by atoms with E-state index in [0.29, 0.717) is 6.42 Å². The van der Waals surface area contributed by atoms with Gasteiger partial charge in [-0.25, -0.2) is 0 Å². The molecular weight excluding hydrogens is 525 g/mol. The molecule has 200 valence electrons. The van der Waals surface area contributed by atoms with Crippen molar-refractivity contribution >= 4 is 50.9 Å². The summed E-state index contributed by atoms with van der Waals surface area (Å²) >= 11 is 0. The first-order valence-electron chi connectivity index (χ1n) is 11.9. The van der Waals surface area contributed by atoms with Gasteiger partial charge in [0.15, 0.2) is 33.3 Å². The van der Waals surface area contributed by atoms with Gasteiger partial charge in [0.2, 0.25) is 0 Å². The van der Waals surface area contributed by atoms with Gasteiger partial charge < -0.3 is 35.5 Å². The van der Waals surface area contributed by atoms with Crippen LogP contribution in [0, 0.1) is 0 Å². The minimum atomic E-state index is -3.55. The van der Waals surface area contributed by atoms with Gasteiger partial charge in [0.1, 0.15) is 11.8 Å². The molecule has 2 N–H and O–H groups in total. The van der Waals surface area contributed by atoms with Crippen LogP contribution in [0.2, 0.25) is 85.1 Å². The van der Waals surface area contributed by atoms with Crippen molar-refractivity contribution in [2.45, 2.75) is 110 Å². The van der Waals surface area contributed by atoms with E-state index in [1.165, 1.54) is 0 Å². The lowest BCUT2D eigenvalue weighted by Gasteiger charge is -2.48. The average Bonchev–Trinajstić information content (AvgIpc) is 2.46. The van der Waals surface area contributed by atoms with E-state index in [9.17, 15) is 10.2 Å². The Labute approximate surface area is 209 Å².